The third kappa shape index (κ3) is 4.96. The third-order valence-electron chi connectivity index (χ3n) is 2.90. The molecule has 112 valence electrons. The topological polar surface area (TPSA) is 55.4 Å². The number of hydrogen-bond donors (Lipinski definition) is 1. The Morgan fingerprint density at radius 3 is 2.65 bits per heavy atom. The fourth-order valence-corrected chi connectivity index (χ4v) is 3.19. The van der Waals surface area contributed by atoms with Gasteiger partial charge in [0, 0.05) is 11.4 Å². The predicted molar refractivity (Wildman–Crippen MR) is 81.3 cm³/mol. The summed E-state index contributed by atoms with van der Waals surface area (Å²) in [5, 5.41) is 2.77. The Labute approximate surface area is 124 Å². The molecule has 4 nitrogen and oxygen atoms in total. The maximum Gasteiger partial charge on any atom is 0.307 e. The van der Waals surface area contributed by atoms with Gasteiger partial charge in [-0.2, -0.15) is 0 Å². The number of carbonyl (C=O) groups is 2. The molecule has 1 aromatic rings. The summed E-state index contributed by atoms with van der Waals surface area (Å²) in [4.78, 5) is 25.2. The van der Waals surface area contributed by atoms with E-state index in [4.69, 9.17) is 4.74 Å². The maximum atomic E-state index is 12.0. The molecule has 0 unspecified atom stereocenters. The summed E-state index contributed by atoms with van der Waals surface area (Å²) in [6.07, 6.45) is 3.26. The minimum Gasteiger partial charge on any atom is -0.466 e. The number of amides is 1. The molecule has 5 heteroatoms. The van der Waals surface area contributed by atoms with Crippen LogP contribution in [0.1, 0.15) is 53.7 Å². The molecule has 20 heavy (non-hydrogen) atoms. The second-order valence-electron chi connectivity index (χ2n) is 4.47. The van der Waals surface area contributed by atoms with Crippen LogP contribution in [0.3, 0.4) is 0 Å². The fourth-order valence-electron chi connectivity index (χ4n) is 1.91. The molecule has 1 N–H and O–H groups in total. The van der Waals surface area contributed by atoms with Crippen LogP contribution in [0, 0.1) is 0 Å². The van der Waals surface area contributed by atoms with E-state index in [1.54, 1.807) is 18.3 Å². The van der Waals surface area contributed by atoms with Gasteiger partial charge in [-0.25, -0.2) is 0 Å². The van der Waals surface area contributed by atoms with Crippen LogP contribution >= 0.6 is 11.3 Å². The van der Waals surface area contributed by atoms with Crippen molar-refractivity contribution in [2.24, 2.45) is 0 Å². The van der Waals surface area contributed by atoms with Crippen LogP contribution < -0.4 is 5.32 Å². The van der Waals surface area contributed by atoms with E-state index < -0.39 is 0 Å². The van der Waals surface area contributed by atoms with Crippen molar-refractivity contribution in [2.45, 2.75) is 46.5 Å². The van der Waals surface area contributed by atoms with E-state index >= 15 is 0 Å². The molecule has 1 amide bonds. The molecule has 0 saturated heterocycles. The van der Waals surface area contributed by atoms with E-state index in [2.05, 4.69) is 19.2 Å². The van der Waals surface area contributed by atoms with Crippen molar-refractivity contribution in [3.8, 4) is 0 Å². The number of aryl methyl sites for hydroxylation is 2. The molecule has 0 aliphatic rings. The van der Waals surface area contributed by atoms with Gasteiger partial charge in [0.2, 0.25) is 0 Å². The highest BCUT2D eigenvalue weighted by Gasteiger charge is 2.13. The first-order valence-electron chi connectivity index (χ1n) is 7.17. The lowest BCUT2D eigenvalue weighted by Crippen LogP contribution is -2.25. The molecule has 0 bridgehead atoms. The minimum absolute atomic E-state index is 0.101. The zero-order valence-electron chi connectivity index (χ0n) is 12.5. The van der Waals surface area contributed by atoms with Crippen molar-refractivity contribution in [3.63, 3.8) is 0 Å². The zero-order chi connectivity index (χ0) is 15.0. The largest absolute Gasteiger partial charge is 0.466 e. The van der Waals surface area contributed by atoms with Crippen molar-refractivity contribution in [2.75, 3.05) is 13.2 Å². The van der Waals surface area contributed by atoms with Crippen LogP contribution in [0.5, 0.6) is 0 Å². The lowest BCUT2D eigenvalue weighted by atomic mass is 10.1. The number of nitrogens with one attached hydrogen (secondary N) is 1. The molecular formula is C15H23NO3S. The lowest BCUT2D eigenvalue weighted by molar-refractivity contribution is -0.142. The van der Waals surface area contributed by atoms with Crippen LogP contribution in [-0.4, -0.2) is 25.0 Å². The predicted octanol–water partition coefficient (Wildman–Crippen LogP) is 2.95. The Morgan fingerprint density at radius 2 is 2.05 bits per heavy atom. The summed E-state index contributed by atoms with van der Waals surface area (Å²) in [6.45, 7) is 6.70. The molecule has 0 aromatic carbocycles. The number of esters is 1. The van der Waals surface area contributed by atoms with Gasteiger partial charge in [-0.3, -0.25) is 9.59 Å². The normalized spacial score (nSPS) is 10.3. The van der Waals surface area contributed by atoms with E-state index in [0.717, 1.165) is 24.1 Å². The highest BCUT2D eigenvalue weighted by atomic mass is 32.1. The molecule has 1 heterocycles. The molecule has 0 radical (unpaired) electrons. The number of ether oxygens (including phenoxy) is 1. The van der Waals surface area contributed by atoms with Crippen molar-refractivity contribution >= 4 is 23.2 Å². The monoisotopic (exact) mass is 297 g/mol. The van der Waals surface area contributed by atoms with Crippen LogP contribution in [0.2, 0.25) is 0 Å². The highest BCUT2D eigenvalue weighted by Crippen LogP contribution is 2.24. The van der Waals surface area contributed by atoms with Crippen LogP contribution in [0.25, 0.3) is 0 Å². The van der Waals surface area contributed by atoms with Gasteiger partial charge in [-0.05, 0) is 31.4 Å². The van der Waals surface area contributed by atoms with Gasteiger partial charge in [0.25, 0.3) is 5.91 Å². The van der Waals surface area contributed by atoms with E-state index in [9.17, 15) is 9.59 Å². The molecule has 0 atom stereocenters. The van der Waals surface area contributed by atoms with E-state index in [-0.39, 0.29) is 18.3 Å². The summed E-state index contributed by atoms with van der Waals surface area (Å²) in [6, 6.07) is 1.97. The van der Waals surface area contributed by atoms with Crippen molar-refractivity contribution in [3.05, 3.63) is 21.4 Å². The van der Waals surface area contributed by atoms with Gasteiger partial charge < -0.3 is 10.1 Å². The second-order valence-corrected chi connectivity index (χ2v) is 5.61. The minimum atomic E-state index is -0.278. The van der Waals surface area contributed by atoms with Gasteiger partial charge in [-0.1, -0.05) is 20.3 Å². The Kier molecular flexibility index (Phi) is 7.30. The van der Waals surface area contributed by atoms with Crippen molar-refractivity contribution < 1.29 is 14.3 Å². The molecule has 0 saturated carbocycles. The number of rotatable bonds is 8. The fraction of sp³-hybridized carbons (Fsp3) is 0.600. The Morgan fingerprint density at radius 1 is 1.30 bits per heavy atom. The van der Waals surface area contributed by atoms with Crippen LogP contribution in [0.4, 0.5) is 0 Å². The van der Waals surface area contributed by atoms with Gasteiger partial charge in [-0.15, -0.1) is 11.3 Å². The molecule has 1 aromatic heterocycles. The first-order chi connectivity index (χ1) is 9.62. The van der Waals surface area contributed by atoms with Crippen LogP contribution in [-0.2, 0) is 22.4 Å². The average Bonchev–Trinajstić information content (AvgIpc) is 2.82. The van der Waals surface area contributed by atoms with E-state index in [1.165, 1.54) is 10.4 Å². The van der Waals surface area contributed by atoms with E-state index in [0.29, 0.717) is 13.2 Å². The Hall–Kier alpha value is -1.36. The molecule has 0 aliphatic heterocycles. The highest BCUT2D eigenvalue weighted by molar-refractivity contribution is 7.14. The summed E-state index contributed by atoms with van der Waals surface area (Å²) < 4.78 is 4.81. The van der Waals surface area contributed by atoms with Gasteiger partial charge >= 0.3 is 5.97 Å². The molecule has 0 fully saturated rings. The quantitative estimate of drug-likeness (QED) is 0.751. The SMILES string of the molecule is CCCc1sc(C(=O)NCCC(=O)OCC)cc1CC. The number of thiophene rings is 1. The standard InChI is InChI=1S/C15H23NO3S/c1-4-7-12-11(5-2)10-13(20-12)15(18)16-9-8-14(17)19-6-3/h10H,4-9H2,1-3H3,(H,16,18). The molecular weight excluding hydrogens is 274 g/mol. The maximum absolute atomic E-state index is 12.0. The smallest absolute Gasteiger partial charge is 0.307 e. The average molecular weight is 297 g/mol. The van der Waals surface area contributed by atoms with Crippen molar-refractivity contribution in [1.29, 1.82) is 0 Å². The first kappa shape index (κ1) is 16.7. The summed E-state index contributed by atoms with van der Waals surface area (Å²) in [7, 11) is 0. The lowest BCUT2D eigenvalue weighted by Gasteiger charge is -2.03. The number of carbonyl (C=O) groups excluding carboxylic acids is 2. The van der Waals surface area contributed by atoms with Gasteiger partial charge in [0.05, 0.1) is 17.9 Å². The van der Waals surface area contributed by atoms with E-state index in [1.807, 2.05) is 6.07 Å². The van der Waals surface area contributed by atoms with Crippen molar-refractivity contribution in [1.82, 2.24) is 5.32 Å². The number of hydrogen-bond acceptors (Lipinski definition) is 4. The van der Waals surface area contributed by atoms with Crippen LogP contribution in [0.15, 0.2) is 6.07 Å². The molecule has 0 spiro atoms. The second kappa shape index (κ2) is 8.74. The summed E-state index contributed by atoms with van der Waals surface area (Å²) >= 11 is 1.56. The summed E-state index contributed by atoms with van der Waals surface area (Å²) in [5.74, 6) is -0.378. The summed E-state index contributed by atoms with van der Waals surface area (Å²) in [5.41, 5.74) is 1.26. The molecule has 1 rings (SSSR count). The zero-order valence-corrected chi connectivity index (χ0v) is 13.3. The Bertz CT molecular complexity index is 454. The first-order valence-corrected chi connectivity index (χ1v) is 7.99. The van der Waals surface area contributed by atoms with Gasteiger partial charge in [0.15, 0.2) is 0 Å². The third-order valence-corrected chi connectivity index (χ3v) is 4.13. The molecule has 0 aliphatic carbocycles. The Balaban J connectivity index is 2.53. The van der Waals surface area contributed by atoms with Gasteiger partial charge in [0.1, 0.15) is 0 Å².